The molecule has 0 aliphatic heterocycles. The summed E-state index contributed by atoms with van der Waals surface area (Å²) in [5.41, 5.74) is 0.208. The van der Waals surface area contributed by atoms with Gasteiger partial charge in [-0.2, -0.15) is 5.10 Å². The highest BCUT2D eigenvalue weighted by molar-refractivity contribution is 5.92. The molecule has 3 aromatic rings. The van der Waals surface area contributed by atoms with Crippen molar-refractivity contribution in [2.24, 2.45) is 0 Å². The number of benzene rings is 1. The first kappa shape index (κ1) is 17.3. The number of aromatic nitrogens is 3. The van der Waals surface area contributed by atoms with Gasteiger partial charge in [0.05, 0.1) is 31.1 Å². The Morgan fingerprint density at radius 3 is 2.65 bits per heavy atom. The van der Waals surface area contributed by atoms with Crippen molar-refractivity contribution in [2.45, 2.75) is 6.54 Å². The zero-order chi connectivity index (χ0) is 18.5. The van der Waals surface area contributed by atoms with Crippen LogP contribution in [-0.2, 0) is 6.54 Å². The van der Waals surface area contributed by atoms with Gasteiger partial charge in [-0.05, 0) is 36.4 Å². The average molecular weight is 354 g/mol. The zero-order valence-electron chi connectivity index (χ0n) is 13.8. The Morgan fingerprint density at radius 1 is 1.23 bits per heavy atom. The van der Waals surface area contributed by atoms with Crippen molar-refractivity contribution < 1.29 is 13.9 Å². The van der Waals surface area contributed by atoms with Crippen molar-refractivity contribution in [3.05, 3.63) is 82.2 Å². The van der Waals surface area contributed by atoms with E-state index in [9.17, 15) is 14.0 Å². The third-order valence-electron chi connectivity index (χ3n) is 3.55. The third-order valence-corrected chi connectivity index (χ3v) is 3.55. The van der Waals surface area contributed by atoms with Crippen LogP contribution in [0.1, 0.15) is 16.2 Å². The molecule has 0 aliphatic rings. The summed E-state index contributed by atoms with van der Waals surface area (Å²) in [6.45, 7) is 0.156. The Morgan fingerprint density at radius 2 is 2.00 bits per heavy atom. The lowest BCUT2D eigenvalue weighted by atomic mass is 10.3. The van der Waals surface area contributed by atoms with Crippen LogP contribution in [0.2, 0.25) is 0 Å². The molecule has 0 fully saturated rings. The van der Waals surface area contributed by atoms with Gasteiger partial charge in [0.25, 0.3) is 5.91 Å². The monoisotopic (exact) mass is 354 g/mol. The van der Waals surface area contributed by atoms with Crippen molar-refractivity contribution >= 4 is 5.91 Å². The van der Waals surface area contributed by atoms with Gasteiger partial charge in [0.1, 0.15) is 5.82 Å². The van der Waals surface area contributed by atoms with E-state index in [0.29, 0.717) is 11.4 Å². The van der Waals surface area contributed by atoms with E-state index in [2.05, 4.69) is 15.4 Å². The number of rotatable bonds is 5. The molecule has 8 heteroatoms. The Balaban J connectivity index is 1.91. The molecule has 0 saturated carbocycles. The number of pyridine rings is 1. The molecule has 0 bridgehead atoms. The standard InChI is InChI=1S/C18H15FN4O3/c1-26-16-10-15(24)17(18(25)21-11-13-4-2-3-9-20-13)22-23(16)14-7-5-12(19)6-8-14/h2-10H,11H2,1H3,(H,21,25). The zero-order valence-corrected chi connectivity index (χ0v) is 13.8. The smallest absolute Gasteiger partial charge is 0.276 e. The first-order valence-electron chi connectivity index (χ1n) is 7.71. The maximum absolute atomic E-state index is 13.1. The minimum Gasteiger partial charge on any atom is -0.481 e. The van der Waals surface area contributed by atoms with E-state index in [1.165, 1.54) is 36.1 Å². The molecule has 1 aromatic carbocycles. The number of nitrogens with zero attached hydrogens (tertiary/aromatic N) is 3. The number of nitrogens with one attached hydrogen (secondary N) is 1. The largest absolute Gasteiger partial charge is 0.481 e. The van der Waals surface area contributed by atoms with Crippen LogP contribution in [0.15, 0.2) is 59.5 Å². The van der Waals surface area contributed by atoms with E-state index in [1.807, 2.05) is 0 Å². The van der Waals surface area contributed by atoms with Gasteiger partial charge >= 0.3 is 0 Å². The van der Waals surface area contributed by atoms with Crippen LogP contribution >= 0.6 is 0 Å². The summed E-state index contributed by atoms with van der Waals surface area (Å²) in [7, 11) is 1.37. The highest BCUT2D eigenvalue weighted by Crippen LogP contribution is 2.15. The molecule has 1 N–H and O–H groups in total. The van der Waals surface area contributed by atoms with E-state index in [0.717, 1.165) is 6.07 Å². The summed E-state index contributed by atoms with van der Waals surface area (Å²) < 4.78 is 19.5. The van der Waals surface area contributed by atoms with E-state index >= 15 is 0 Å². The number of hydrogen-bond acceptors (Lipinski definition) is 5. The maximum atomic E-state index is 13.1. The van der Waals surface area contributed by atoms with Gasteiger partial charge in [0, 0.05) is 6.20 Å². The second-order valence-electron chi connectivity index (χ2n) is 5.29. The van der Waals surface area contributed by atoms with Crippen molar-refractivity contribution in [2.75, 3.05) is 7.11 Å². The number of amides is 1. The molecule has 7 nitrogen and oxygen atoms in total. The second kappa shape index (κ2) is 7.56. The Labute approximate surface area is 148 Å². The van der Waals surface area contributed by atoms with Crippen LogP contribution in [-0.4, -0.2) is 27.8 Å². The number of carbonyl (C=O) groups excluding carboxylic acids is 1. The number of halogens is 1. The average Bonchev–Trinajstić information content (AvgIpc) is 2.67. The SMILES string of the molecule is COc1cc(=O)c(C(=O)NCc2ccccn2)nn1-c1ccc(F)cc1. The molecule has 0 saturated heterocycles. The highest BCUT2D eigenvalue weighted by atomic mass is 19.1. The molecule has 1 amide bonds. The predicted octanol–water partition coefficient (Wildman–Crippen LogP) is 1.71. The van der Waals surface area contributed by atoms with E-state index in [-0.39, 0.29) is 18.1 Å². The Bertz CT molecular complexity index is 972. The molecule has 132 valence electrons. The molecule has 3 rings (SSSR count). The van der Waals surface area contributed by atoms with Crippen molar-refractivity contribution in [1.82, 2.24) is 20.1 Å². The molecule has 0 unspecified atom stereocenters. The fourth-order valence-electron chi connectivity index (χ4n) is 2.27. The van der Waals surface area contributed by atoms with Crippen molar-refractivity contribution in [3.63, 3.8) is 0 Å². The van der Waals surface area contributed by atoms with Crippen LogP contribution in [0.5, 0.6) is 5.88 Å². The minimum atomic E-state index is -0.640. The first-order chi connectivity index (χ1) is 12.6. The molecule has 0 spiro atoms. The van der Waals surface area contributed by atoms with Gasteiger partial charge in [-0.1, -0.05) is 6.07 Å². The normalized spacial score (nSPS) is 10.4. The quantitative estimate of drug-likeness (QED) is 0.754. The Kier molecular flexibility index (Phi) is 5.02. The number of ether oxygens (including phenoxy) is 1. The van der Waals surface area contributed by atoms with E-state index in [1.54, 1.807) is 24.4 Å². The van der Waals surface area contributed by atoms with Crippen molar-refractivity contribution in [1.29, 1.82) is 0 Å². The lowest BCUT2D eigenvalue weighted by Crippen LogP contribution is -2.31. The van der Waals surface area contributed by atoms with Crippen LogP contribution in [0.25, 0.3) is 5.69 Å². The van der Waals surface area contributed by atoms with Gasteiger partial charge < -0.3 is 10.1 Å². The minimum absolute atomic E-state index is 0.128. The summed E-state index contributed by atoms with van der Waals surface area (Å²) >= 11 is 0. The fourth-order valence-corrected chi connectivity index (χ4v) is 2.27. The summed E-state index contributed by atoms with van der Waals surface area (Å²) in [5.74, 6) is -0.927. The maximum Gasteiger partial charge on any atom is 0.276 e. The fraction of sp³-hybridized carbons (Fsp3) is 0.111. The molecule has 26 heavy (non-hydrogen) atoms. The second-order valence-corrected chi connectivity index (χ2v) is 5.29. The molecule has 0 radical (unpaired) electrons. The lowest BCUT2D eigenvalue weighted by Gasteiger charge is -2.12. The van der Waals surface area contributed by atoms with Gasteiger partial charge in [0.2, 0.25) is 11.3 Å². The highest BCUT2D eigenvalue weighted by Gasteiger charge is 2.17. The molecular formula is C18H15FN4O3. The van der Waals surface area contributed by atoms with Crippen molar-refractivity contribution in [3.8, 4) is 11.6 Å². The first-order valence-corrected chi connectivity index (χ1v) is 7.71. The summed E-state index contributed by atoms with van der Waals surface area (Å²) in [5, 5.41) is 6.68. The van der Waals surface area contributed by atoms with Gasteiger partial charge in [-0.15, -0.1) is 0 Å². The molecular weight excluding hydrogens is 339 g/mol. The molecule has 0 aliphatic carbocycles. The molecule has 0 atom stereocenters. The lowest BCUT2D eigenvalue weighted by molar-refractivity contribution is 0.0942. The van der Waals surface area contributed by atoms with Crippen LogP contribution in [0.3, 0.4) is 0 Å². The predicted molar refractivity (Wildman–Crippen MR) is 91.8 cm³/mol. The number of methoxy groups -OCH3 is 1. The molecule has 2 heterocycles. The van der Waals surface area contributed by atoms with Gasteiger partial charge in [0.15, 0.2) is 5.69 Å². The molecule has 2 aromatic heterocycles. The van der Waals surface area contributed by atoms with Gasteiger partial charge in [-0.3, -0.25) is 14.6 Å². The topological polar surface area (TPSA) is 86.1 Å². The Hall–Kier alpha value is -3.55. The van der Waals surface area contributed by atoms with E-state index in [4.69, 9.17) is 4.74 Å². The van der Waals surface area contributed by atoms with Gasteiger partial charge in [-0.25, -0.2) is 9.07 Å². The van der Waals surface area contributed by atoms with E-state index < -0.39 is 17.2 Å². The van der Waals surface area contributed by atoms with Crippen LogP contribution < -0.4 is 15.5 Å². The number of carbonyl (C=O) groups is 1. The third kappa shape index (κ3) is 3.75. The summed E-state index contributed by atoms with van der Waals surface area (Å²) in [4.78, 5) is 28.7. The number of hydrogen-bond donors (Lipinski definition) is 1. The summed E-state index contributed by atoms with van der Waals surface area (Å²) in [6, 6.07) is 11.9. The van der Waals surface area contributed by atoms with Crippen LogP contribution in [0.4, 0.5) is 4.39 Å². The van der Waals surface area contributed by atoms with Crippen LogP contribution in [0, 0.1) is 5.82 Å². The summed E-state index contributed by atoms with van der Waals surface area (Å²) in [6.07, 6.45) is 1.61.